The van der Waals surface area contributed by atoms with Gasteiger partial charge in [0.15, 0.2) is 0 Å². The molecule has 0 N–H and O–H groups in total. The van der Waals surface area contributed by atoms with Crippen LogP contribution in [-0.2, 0) is 6.42 Å². The minimum Gasteiger partial charge on any atom is -0.128 e. The van der Waals surface area contributed by atoms with Gasteiger partial charge in [0.25, 0.3) is 0 Å². The lowest BCUT2D eigenvalue weighted by molar-refractivity contribution is 0.645. The molecule has 15 heavy (non-hydrogen) atoms. The van der Waals surface area contributed by atoms with Crippen LogP contribution in [0, 0.1) is 5.92 Å². The molecule has 0 spiro atoms. The van der Waals surface area contributed by atoms with Gasteiger partial charge in [0.1, 0.15) is 6.71 Å². The zero-order valence-corrected chi connectivity index (χ0v) is 10.9. The molecular weight excluding hydrogens is 222 g/mol. The predicted molar refractivity (Wildman–Crippen MR) is 71.6 cm³/mol. The molecule has 0 aliphatic carbocycles. The highest BCUT2D eigenvalue weighted by Gasteiger charge is 2.21. The molecule has 0 saturated carbocycles. The van der Waals surface area contributed by atoms with Gasteiger partial charge < -0.3 is 0 Å². The summed E-state index contributed by atoms with van der Waals surface area (Å²) in [4.78, 5) is 1.45. The summed E-state index contributed by atoms with van der Waals surface area (Å²) < 4.78 is 0.929. The van der Waals surface area contributed by atoms with Gasteiger partial charge in [0, 0.05) is 4.88 Å². The molecule has 1 atom stereocenters. The van der Waals surface area contributed by atoms with Crippen LogP contribution in [0.5, 0.6) is 0 Å². The SMILES string of the molecule is CC(CB1CCCC1)Cc1ccc(Cl)s1. The van der Waals surface area contributed by atoms with Gasteiger partial charge >= 0.3 is 0 Å². The van der Waals surface area contributed by atoms with E-state index in [1.807, 2.05) is 6.07 Å². The first-order valence-electron chi connectivity index (χ1n) is 5.98. The van der Waals surface area contributed by atoms with Crippen LogP contribution in [0.4, 0.5) is 0 Å². The summed E-state index contributed by atoms with van der Waals surface area (Å²) in [5.74, 6) is 0.822. The molecule has 1 aromatic rings. The third-order valence-electron chi connectivity index (χ3n) is 3.39. The van der Waals surface area contributed by atoms with Crippen LogP contribution < -0.4 is 0 Å². The number of halogens is 1. The van der Waals surface area contributed by atoms with E-state index in [2.05, 4.69) is 13.0 Å². The van der Waals surface area contributed by atoms with Crippen molar-refractivity contribution in [1.82, 2.24) is 0 Å². The van der Waals surface area contributed by atoms with Crippen LogP contribution in [0.3, 0.4) is 0 Å². The second-order valence-corrected chi connectivity index (χ2v) is 6.70. The third-order valence-corrected chi connectivity index (χ3v) is 4.64. The van der Waals surface area contributed by atoms with Crippen LogP contribution >= 0.6 is 22.9 Å². The minimum atomic E-state index is 0.822. The predicted octanol–water partition coefficient (Wildman–Crippen LogP) is 4.87. The van der Waals surface area contributed by atoms with Crippen LogP contribution in [0.25, 0.3) is 0 Å². The highest BCUT2D eigenvalue weighted by atomic mass is 35.5. The molecule has 1 unspecified atom stereocenters. The maximum absolute atomic E-state index is 5.93. The zero-order chi connectivity index (χ0) is 10.7. The first-order valence-corrected chi connectivity index (χ1v) is 7.17. The Labute approximate surface area is 102 Å². The molecule has 82 valence electrons. The average Bonchev–Trinajstić information content (AvgIpc) is 2.77. The number of thiophene rings is 1. The van der Waals surface area contributed by atoms with E-state index in [1.165, 1.54) is 43.1 Å². The lowest BCUT2D eigenvalue weighted by Gasteiger charge is -2.12. The van der Waals surface area contributed by atoms with Crippen molar-refractivity contribution >= 4 is 29.7 Å². The van der Waals surface area contributed by atoms with Crippen LogP contribution in [0.1, 0.15) is 24.6 Å². The second-order valence-electron chi connectivity index (χ2n) is 4.90. The molecule has 0 amide bonds. The third kappa shape index (κ3) is 3.53. The van der Waals surface area contributed by atoms with Crippen molar-refractivity contribution in [2.24, 2.45) is 5.92 Å². The molecule has 1 aromatic heterocycles. The molecule has 0 radical (unpaired) electrons. The molecule has 1 saturated heterocycles. The molecule has 0 aromatic carbocycles. The first kappa shape index (κ1) is 11.5. The lowest BCUT2D eigenvalue weighted by Crippen LogP contribution is -2.12. The molecule has 2 rings (SSSR count). The molecule has 1 aliphatic rings. The van der Waals surface area contributed by atoms with E-state index in [4.69, 9.17) is 11.6 Å². The molecule has 0 bridgehead atoms. The average molecular weight is 241 g/mol. The standard InChI is InChI=1S/C12H18BClS/c1-10(9-13-6-2-3-7-13)8-11-4-5-12(14)15-11/h4-5,10H,2-3,6-9H2,1H3. The summed E-state index contributed by atoms with van der Waals surface area (Å²) in [5.41, 5.74) is 0. The summed E-state index contributed by atoms with van der Waals surface area (Å²) >= 11 is 7.67. The molecular formula is C12H18BClS. The number of hydrogen-bond acceptors (Lipinski definition) is 1. The van der Waals surface area contributed by atoms with Crippen molar-refractivity contribution in [3.63, 3.8) is 0 Å². The van der Waals surface area contributed by atoms with Gasteiger partial charge in [-0.2, -0.15) is 0 Å². The minimum absolute atomic E-state index is 0.822. The molecule has 0 nitrogen and oxygen atoms in total. The van der Waals surface area contributed by atoms with E-state index in [0.717, 1.165) is 17.0 Å². The largest absolute Gasteiger partial charge is 0.140 e. The Morgan fingerprint density at radius 1 is 1.40 bits per heavy atom. The normalized spacial score (nSPS) is 18.4. The topological polar surface area (TPSA) is 0 Å². The van der Waals surface area contributed by atoms with Crippen LogP contribution in [-0.4, -0.2) is 6.71 Å². The fourth-order valence-electron chi connectivity index (χ4n) is 2.70. The molecule has 2 heterocycles. The Hall–Kier alpha value is 0.0549. The van der Waals surface area contributed by atoms with Gasteiger partial charge in [0.05, 0.1) is 4.34 Å². The monoisotopic (exact) mass is 240 g/mol. The van der Waals surface area contributed by atoms with Crippen molar-refractivity contribution in [1.29, 1.82) is 0 Å². The highest BCUT2D eigenvalue weighted by molar-refractivity contribution is 7.16. The van der Waals surface area contributed by atoms with E-state index >= 15 is 0 Å². The fraction of sp³-hybridized carbons (Fsp3) is 0.667. The maximum Gasteiger partial charge on any atom is 0.140 e. The van der Waals surface area contributed by atoms with Gasteiger partial charge in [-0.3, -0.25) is 0 Å². The van der Waals surface area contributed by atoms with Crippen LogP contribution in [0.15, 0.2) is 12.1 Å². The lowest BCUT2D eigenvalue weighted by atomic mass is 9.44. The zero-order valence-electron chi connectivity index (χ0n) is 9.34. The molecule has 1 fully saturated rings. The van der Waals surface area contributed by atoms with Crippen molar-refractivity contribution < 1.29 is 0 Å². The molecule has 3 heteroatoms. The van der Waals surface area contributed by atoms with E-state index in [9.17, 15) is 0 Å². The van der Waals surface area contributed by atoms with Gasteiger partial charge in [-0.05, 0) is 24.5 Å². The first-order chi connectivity index (χ1) is 7.24. The Morgan fingerprint density at radius 2 is 2.13 bits per heavy atom. The van der Waals surface area contributed by atoms with E-state index in [0.29, 0.717) is 0 Å². The smallest absolute Gasteiger partial charge is 0.128 e. The Balaban J connectivity index is 1.78. The molecule has 1 aliphatic heterocycles. The number of rotatable bonds is 4. The van der Waals surface area contributed by atoms with Crippen molar-refractivity contribution in [2.75, 3.05) is 0 Å². The van der Waals surface area contributed by atoms with Gasteiger partial charge in [-0.1, -0.05) is 50.3 Å². The van der Waals surface area contributed by atoms with Crippen molar-refractivity contribution in [2.45, 2.75) is 45.1 Å². The van der Waals surface area contributed by atoms with E-state index in [1.54, 1.807) is 11.3 Å². The van der Waals surface area contributed by atoms with Crippen molar-refractivity contribution in [3.8, 4) is 0 Å². The van der Waals surface area contributed by atoms with E-state index < -0.39 is 0 Å². The van der Waals surface area contributed by atoms with E-state index in [-0.39, 0.29) is 0 Å². The summed E-state index contributed by atoms with van der Waals surface area (Å²) in [6, 6.07) is 4.20. The Bertz CT molecular complexity index is 304. The highest BCUT2D eigenvalue weighted by Crippen LogP contribution is 2.29. The maximum atomic E-state index is 5.93. The van der Waals surface area contributed by atoms with Crippen LogP contribution in [0.2, 0.25) is 23.3 Å². The fourth-order valence-corrected chi connectivity index (χ4v) is 3.95. The Kier molecular flexibility index (Phi) is 4.16. The summed E-state index contributed by atoms with van der Waals surface area (Å²) in [7, 11) is 0. The van der Waals surface area contributed by atoms with Gasteiger partial charge in [-0.15, -0.1) is 11.3 Å². The quantitative estimate of drug-likeness (QED) is 0.659. The summed E-state index contributed by atoms with van der Waals surface area (Å²) in [5, 5.41) is 0. The van der Waals surface area contributed by atoms with Crippen molar-refractivity contribution in [3.05, 3.63) is 21.3 Å². The second kappa shape index (κ2) is 5.40. The van der Waals surface area contributed by atoms with Gasteiger partial charge in [-0.25, -0.2) is 0 Å². The van der Waals surface area contributed by atoms with Gasteiger partial charge in [0.2, 0.25) is 0 Å². The summed E-state index contributed by atoms with van der Waals surface area (Å²) in [6.45, 7) is 3.39. The number of hydrogen-bond donors (Lipinski definition) is 0. The summed E-state index contributed by atoms with van der Waals surface area (Å²) in [6.07, 6.45) is 8.49. The Morgan fingerprint density at radius 3 is 2.73 bits per heavy atom.